The summed E-state index contributed by atoms with van der Waals surface area (Å²) in [7, 11) is 0. The van der Waals surface area contributed by atoms with E-state index in [-0.39, 0.29) is 5.91 Å². The first-order valence-electron chi connectivity index (χ1n) is 6.22. The van der Waals surface area contributed by atoms with Crippen LogP contribution in [0.5, 0.6) is 0 Å². The van der Waals surface area contributed by atoms with E-state index in [2.05, 4.69) is 26.2 Å². The van der Waals surface area contributed by atoms with E-state index in [1.54, 1.807) is 10.9 Å². The molecule has 0 N–H and O–H groups in total. The number of hydrogen-bond acceptors (Lipinski definition) is 3. The SMILES string of the molecule is O=C(c1cn(-c2ccccc2Br)nn1)N1CCCC1. The van der Waals surface area contributed by atoms with Crippen molar-refractivity contribution in [2.24, 2.45) is 0 Å². The fourth-order valence-electron chi connectivity index (χ4n) is 2.20. The Kier molecular flexibility index (Phi) is 3.33. The summed E-state index contributed by atoms with van der Waals surface area (Å²) in [5, 5.41) is 8.01. The lowest BCUT2D eigenvalue weighted by Gasteiger charge is -2.12. The molecule has 1 amide bonds. The zero-order chi connectivity index (χ0) is 13.2. The van der Waals surface area contributed by atoms with Crippen molar-refractivity contribution in [1.29, 1.82) is 0 Å². The van der Waals surface area contributed by atoms with Crippen molar-refractivity contribution in [3.05, 3.63) is 40.6 Å². The Morgan fingerprint density at radius 3 is 2.68 bits per heavy atom. The third-order valence-corrected chi connectivity index (χ3v) is 3.88. The van der Waals surface area contributed by atoms with Crippen molar-refractivity contribution in [1.82, 2.24) is 19.9 Å². The molecule has 1 aliphatic heterocycles. The number of hydrogen-bond donors (Lipinski definition) is 0. The number of nitrogens with zero attached hydrogens (tertiary/aromatic N) is 4. The van der Waals surface area contributed by atoms with Crippen molar-refractivity contribution in [3.63, 3.8) is 0 Å². The highest BCUT2D eigenvalue weighted by molar-refractivity contribution is 9.10. The molecule has 1 aliphatic rings. The van der Waals surface area contributed by atoms with E-state index < -0.39 is 0 Å². The number of amides is 1. The largest absolute Gasteiger partial charge is 0.337 e. The fraction of sp³-hybridized carbons (Fsp3) is 0.308. The maximum atomic E-state index is 12.2. The van der Waals surface area contributed by atoms with Crippen LogP contribution in [-0.2, 0) is 0 Å². The number of carbonyl (C=O) groups excluding carboxylic acids is 1. The van der Waals surface area contributed by atoms with Crippen molar-refractivity contribution >= 4 is 21.8 Å². The van der Waals surface area contributed by atoms with Gasteiger partial charge in [0.2, 0.25) is 0 Å². The second-order valence-corrected chi connectivity index (χ2v) is 5.35. The molecule has 0 saturated carbocycles. The molecule has 0 bridgehead atoms. The van der Waals surface area contributed by atoms with Gasteiger partial charge in [-0.2, -0.15) is 0 Å². The molecular formula is C13H13BrN4O. The van der Waals surface area contributed by atoms with Crippen LogP contribution in [0.15, 0.2) is 34.9 Å². The Morgan fingerprint density at radius 2 is 1.95 bits per heavy atom. The van der Waals surface area contributed by atoms with E-state index in [9.17, 15) is 4.79 Å². The highest BCUT2D eigenvalue weighted by Gasteiger charge is 2.22. The molecule has 2 aromatic rings. The van der Waals surface area contributed by atoms with Gasteiger partial charge in [0, 0.05) is 17.6 Å². The number of rotatable bonds is 2. The topological polar surface area (TPSA) is 51.0 Å². The quantitative estimate of drug-likeness (QED) is 0.853. The van der Waals surface area contributed by atoms with Crippen LogP contribution < -0.4 is 0 Å². The van der Waals surface area contributed by atoms with Crippen molar-refractivity contribution in [2.45, 2.75) is 12.8 Å². The summed E-state index contributed by atoms with van der Waals surface area (Å²) in [4.78, 5) is 14.0. The molecule has 2 heterocycles. The summed E-state index contributed by atoms with van der Waals surface area (Å²) < 4.78 is 2.54. The fourth-order valence-corrected chi connectivity index (χ4v) is 2.67. The van der Waals surface area contributed by atoms with Gasteiger partial charge in [-0.3, -0.25) is 4.79 Å². The first-order chi connectivity index (χ1) is 9.25. The Labute approximate surface area is 119 Å². The van der Waals surface area contributed by atoms with Crippen LogP contribution in [-0.4, -0.2) is 38.9 Å². The van der Waals surface area contributed by atoms with E-state index in [0.717, 1.165) is 36.1 Å². The first kappa shape index (κ1) is 12.3. The Bertz CT molecular complexity index is 604. The van der Waals surface area contributed by atoms with Crippen molar-refractivity contribution < 1.29 is 4.79 Å². The number of benzene rings is 1. The van der Waals surface area contributed by atoms with Gasteiger partial charge in [0.1, 0.15) is 0 Å². The summed E-state index contributed by atoms with van der Waals surface area (Å²) >= 11 is 3.46. The van der Waals surface area contributed by atoms with Gasteiger partial charge in [0.25, 0.3) is 5.91 Å². The minimum absolute atomic E-state index is 0.0317. The second kappa shape index (κ2) is 5.13. The molecule has 0 aliphatic carbocycles. The third-order valence-electron chi connectivity index (χ3n) is 3.21. The predicted octanol–water partition coefficient (Wildman–Crippen LogP) is 2.27. The molecule has 3 rings (SSSR count). The van der Waals surface area contributed by atoms with E-state index in [4.69, 9.17) is 0 Å². The van der Waals surface area contributed by atoms with Gasteiger partial charge in [0.15, 0.2) is 5.69 Å². The first-order valence-corrected chi connectivity index (χ1v) is 7.01. The molecule has 1 fully saturated rings. The maximum Gasteiger partial charge on any atom is 0.276 e. The van der Waals surface area contributed by atoms with Gasteiger partial charge < -0.3 is 4.90 Å². The van der Waals surface area contributed by atoms with Crippen LogP contribution in [0, 0.1) is 0 Å². The lowest BCUT2D eigenvalue weighted by molar-refractivity contribution is 0.0787. The van der Waals surface area contributed by atoms with Crippen molar-refractivity contribution in [3.8, 4) is 5.69 Å². The summed E-state index contributed by atoms with van der Waals surface area (Å²) in [6.07, 6.45) is 3.83. The smallest absolute Gasteiger partial charge is 0.276 e. The molecule has 0 spiro atoms. The number of carbonyl (C=O) groups is 1. The molecule has 1 aromatic heterocycles. The third kappa shape index (κ3) is 2.40. The van der Waals surface area contributed by atoms with E-state index in [1.807, 2.05) is 29.2 Å². The standard InChI is InChI=1S/C13H13BrN4O/c14-10-5-1-2-6-12(10)18-9-11(15-16-18)13(19)17-7-3-4-8-17/h1-2,5-6,9H,3-4,7-8H2. The van der Waals surface area contributed by atoms with Crippen LogP contribution >= 0.6 is 15.9 Å². The minimum atomic E-state index is -0.0317. The van der Waals surface area contributed by atoms with Gasteiger partial charge in [-0.25, -0.2) is 4.68 Å². The predicted molar refractivity (Wildman–Crippen MR) is 74.2 cm³/mol. The number of halogens is 1. The number of para-hydroxylation sites is 1. The van der Waals surface area contributed by atoms with Gasteiger partial charge >= 0.3 is 0 Å². The molecule has 1 saturated heterocycles. The second-order valence-electron chi connectivity index (χ2n) is 4.50. The zero-order valence-corrected chi connectivity index (χ0v) is 11.9. The highest BCUT2D eigenvalue weighted by Crippen LogP contribution is 2.20. The Balaban J connectivity index is 1.87. The lowest BCUT2D eigenvalue weighted by atomic mass is 10.3. The highest BCUT2D eigenvalue weighted by atomic mass is 79.9. The molecule has 1 aromatic carbocycles. The maximum absolute atomic E-state index is 12.2. The average molecular weight is 321 g/mol. The molecular weight excluding hydrogens is 308 g/mol. The zero-order valence-electron chi connectivity index (χ0n) is 10.3. The van der Waals surface area contributed by atoms with Crippen LogP contribution in [0.25, 0.3) is 5.69 Å². The molecule has 98 valence electrons. The van der Waals surface area contributed by atoms with Crippen LogP contribution in [0.2, 0.25) is 0 Å². The normalized spacial score (nSPS) is 14.9. The Hall–Kier alpha value is -1.69. The Morgan fingerprint density at radius 1 is 1.21 bits per heavy atom. The molecule has 19 heavy (non-hydrogen) atoms. The molecule has 0 radical (unpaired) electrons. The molecule has 5 nitrogen and oxygen atoms in total. The van der Waals surface area contributed by atoms with E-state index in [1.165, 1.54) is 0 Å². The van der Waals surface area contributed by atoms with Crippen molar-refractivity contribution in [2.75, 3.05) is 13.1 Å². The van der Waals surface area contributed by atoms with Gasteiger partial charge in [-0.15, -0.1) is 5.10 Å². The van der Waals surface area contributed by atoms with Gasteiger partial charge in [0.05, 0.1) is 11.9 Å². The average Bonchev–Trinajstić information content (AvgIpc) is 3.10. The molecule has 0 atom stereocenters. The summed E-state index contributed by atoms with van der Waals surface area (Å²) in [5.41, 5.74) is 1.27. The van der Waals surface area contributed by atoms with Crippen LogP contribution in [0.3, 0.4) is 0 Å². The van der Waals surface area contributed by atoms with E-state index in [0.29, 0.717) is 5.69 Å². The van der Waals surface area contributed by atoms with Gasteiger partial charge in [-0.05, 0) is 40.9 Å². The monoisotopic (exact) mass is 320 g/mol. The number of aromatic nitrogens is 3. The number of likely N-dealkylation sites (tertiary alicyclic amines) is 1. The lowest BCUT2D eigenvalue weighted by Crippen LogP contribution is -2.27. The van der Waals surface area contributed by atoms with Crippen LogP contribution in [0.4, 0.5) is 0 Å². The summed E-state index contributed by atoms with van der Waals surface area (Å²) in [6.45, 7) is 1.64. The summed E-state index contributed by atoms with van der Waals surface area (Å²) in [5.74, 6) is -0.0317. The molecule has 6 heteroatoms. The van der Waals surface area contributed by atoms with Gasteiger partial charge in [-0.1, -0.05) is 17.3 Å². The summed E-state index contributed by atoms with van der Waals surface area (Å²) in [6, 6.07) is 7.70. The van der Waals surface area contributed by atoms with Crippen LogP contribution in [0.1, 0.15) is 23.3 Å². The molecule has 0 unspecified atom stereocenters. The van der Waals surface area contributed by atoms with E-state index >= 15 is 0 Å². The minimum Gasteiger partial charge on any atom is -0.337 e.